The molecule has 2 aromatic heterocycles. The molecule has 0 spiro atoms. The Labute approximate surface area is 250 Å². The molecule has 0 bridgehead atoms. The van der Waals surface area contributed by atoms with E-state index in [1.165, 1.54) is 30.5 Å². The van der Waals surface area contributed by atoms with Crippen molar-refractivity contribution in [1.29, 1.82) is 0 Å². The largest absolute Gasteiger partial charge is 0.474 e. The number of sulfonamides is 1. The molecule has 0 saturated heterocycles. The lowest BCUT2D eigenvalue weighted by atomic mass is 10.1. The third kappa shape index (κ3) is 11.1. The van der Waals surface area contributed by atoms with Crippen LogP contribution in [0.2, 0.25) is 5.02 Å². The van der Waals surface area contributed by atoms with Crippen LogP contribution < -0.4 is 25.4 Å². The molecule has 0 radical (unpaired) electrons. The predicted molar refractivity (Wildman–Crippen MR) is 162 cm³/mol. The zero-order chi connectivity index (χ0) is 30.5. The molecule has 0 fully saturated rings. The number of carbonyl (C=O) groups is 1. The van der Waals surface area contributed by atoms with Crippen molar-refractivity contribution in [2.24, 2.45) is 0 Å². The van der Waals surface area contributed by atoms with E-state index in [-0.39, 0.29) is 36.2 Å². The molecule has 0 aliphatic rings. The Balaban J connectivity index is 1.77. The summed E-state index contributed by atoms with van der Waals surface area (Å²) < 4.78 is 45.3. The number of likely N-dealkylation sites (N-methyl/N-ethyl adjacent to an activating group) is 1. The number of anilines is 3. The van der Waals surface area contributed by atoms with E-state index in [2.05, 4.69) is 47.7 Å². The fraction of sp³-hybridized carbons (Fsp3) is 0.407. The standard InChI is InChI=1S/C27H36ClFN8O4S/c1-4-12-37(14-10-30-2)13-8-26(38)34-25-17-20(7-9-31-25)33-24-18-23(21-16-19(28)5-6-22(21)29)35-36-27(24)41-15-11-32-42(3,39)40/h5-7,9,16-18,30,32H,4,8,10-15H2,1-3H3,(H2,31,33,34,35,38). The van der Waals surface area contributed by atoms with Crippen molar-refractivity contribution < 1.29 is 22.3 Å². The monoisotopic (exact) mass is 622 g/mol. The summed E-state index contributed by atoms with van der Waals surface area (Å²) in [6.07, 6.45) is 3.87. The maximum atomic E-state index is 14.6. The van der Waals surface area contributed by atoms with Gasteiger partial charge in [-0.1, -0.05) is 18.5 Å². The van der Waals surface area contributed by atoms with Gasteiger partial charge in [0, 0.05) is 61.1 Å². The maximum absolute atomic E-state index is 14.6. The number of nitrogens with one attached hydrogen (secondary N) is 4. The predicted octanol–water partition coefficient (Wildman–Crippen LogP) is 3.26. The Bertz CT molecular complexity index is 1450. The Morgan fingerprint density at radius 1 is 1.10 bits per heavy atom. The third-order valence-electron chi connectivity index (χ3n) is 5.85. The number of carbonyl (C=O) groups excluding carboxylic acids is 1. The van der Waals surface area contributed by atoms with E-state index in [4.69, 9.17) is 16.3 Å². The lowest BCUT2D eigenvalue weighted by molar-refractivity contribution is -0.116. The van der Waals surface area contributed by atoms with Crippen molar-refractivity contribution >= 4 is 44.7 Å². The number of rotatable bonds is 17. The lowest BCUT2D eigenvalue weighted by Gasteiger charge is -2.21. The molecule has 3 aromatic rings. The first-order valence-electron chi connectivity index (χ1n) is 13.4. The van der Waals surface area contributed by atoms with Gasteiger partial charge in [-0.05, 0) is 50.3 Å². The van der Waals surface area contributed by atoms with Gasteiger partial charge >= 0.3 is 0 Å². The second-order valence-electron chi connectivity index (χ2n) is 9.39. The summed E-state index contributed by atoms with van der Waals surface area (Å²) in [7, 11) is -1.51. The first kappa shape index (κ1) is 33.1. The molecule has 4 N–H and O–H groups in total. The Hall–Kier alpha value is -3.43. The molecule has 3 rings (SSSR count). The van der Waals surface area contributed by atoms with E-state index in [0.717, 1.165) is 32.3 Å². The highest BCUT2D eigenvalue weighted by Crippen LogP contribution is 2.32. The van der Waals surface area contributed by atoms with Gasteiger partial charge in [-0.25, -0.2) is 22.5 Å². The van der Waals surface area contributed by atoms with Gasteiger partial charge in [-0.3, -0.25) is 4.79 Å². The number of nitrogens with zero attached hydrogens (tertiary/aromatic N) is 4. The summed E-state index contributed by atoms with van der Waals surface area (Å²) in [5.74, 6) is -0.318. The van der Waals surface area contributed by atoms with Crippen LogP contribution in [0.3, 0.4) is 0 Å². The molecule has 1 aromatic carbocycles. The summed E-state index contributed by atoms with van der Waals surface area (Å²) in [4.78, 5) is 19.1. The first-order chi connectivity index (χ1) is 20.1. The molecule has 0 unspecified atom stereocenters. The van der Waals surface area contributed by atoms with Crippen molar-refractivity contribution in [3.05, 3.63) is 53.4 Å². The molecule has 0 aliphatic heterocycles. The summed E-state index contributed by atoms with van der Waals surface area (Å²) in [5, 5.41) is 17.6. The summed E-state index contributed by atoms with van der Waals surface area (Å²) in [6, 6.07) is 8.93. The molecule has 15 heteroatoms. The second kappa shape index (κ2) is 16.3. The number of hydrogen-bond donors (Lipinski definition) is 4. The Morgan fingerprint density at radius 2 is 1.90 bits per heavy atom. The minimum atomic E-state index is -3.40. The molecule has 42 heavy (non-hydrogen) atoms. The van der Waals surface area contributed by atoms with Crippen LogP contribution in [0.25, 0.3) is 11.3 Å². The number of halogens is 2. The minimum Gasteiger partial charge on any atom is -0.474 e. The number of ether oxygens (including phenoxy) is 1. The average Bonchev–Trinajstić information content (AvgIpc) is 2.94. The molecule has 12 nitrogen and oxygen atoms in total. The molecule has 0 aliphatic carbocycles. The van der Waals surface area contributed by atoms with E-state index in [9.17, 15) is 17.6 Å². The van der Waals surface area contributed by atoms with E-state index in [1.54, 1.807) is 12.1 Å². The van der Waals surface area contributed by atoms with Crippen molar-refractivity contribution in [3.63, 3.8) is 0 Å². The fourth-order valence-electron chi connectivity index (χ4n) is 3.90. The van der Waals surface area contributed by atoms with Crippen molar-refractivity contribution in [3.8, 4) is 17.1 Å². The number of aromatic nitrogens is 3. The van der Waals surface area contributed by atoms with Gasteiger partial charge in [-0.2, -0.15) is 0 Å². The molecule has 0 saturated carbocycles. The maximum Gasteiger partial charge on any atom is 0.257 e. The Kier molecular flexibility index (Phi) is 12.8. The topological polar surface area (TPSA) is 150 Å². The van der Waals surface area contributed by atoms with E-state index in [1.807, 2.05) is 7.05 Å². The van der Waals surface area contributed by atoms with Crippen LogP contribution in [-0.2, 0) is 14.8 Å². The third-order valence-corrected chi connectivity index (χ3v) is 6.81. The highest BCUT2D eigenvalue weighted by Gasteiger charge is 2.15. The van der Waals surface area contributed by atoms with Gasteiger partial charge in [0.1, 0.15) is 23.9 Å². The number of benzene rings is 1. The van der Waals surface area contributed by atoms with Crippen LogP contribution >= 0.6 is 11.6 Å². The van der Waals surface area contributed by atoms with Crippen LogP contribution in [0, 0.1) is 5.82 Å². The number of hydrogen-bond acceptors (Lipinski definition) is 10. The van der Waals surface area contributed by atoms with Crippen LogP contribution in [0.15, 0.2) is 42.6 Å². The lowest BCUT2D eigenvalue weighted by Crippen LogP contribution is -2.34. The summed E-state index contributed by atoms with van der Waals surface area (Å²) in [5.41, 5.74) is 1.18. The molecule has 228 valence electrons. The van der Waals surface area contributed by atoms with E-state index in [0.29, 0.717) is 35.2 Å². The van der Waals surface area contributed by atoms with Crippen molar-refractivity contribution in [2.45, 2.75) is 19.8 Å². The van der Waals surface area contributed by atoms with Crippen LogP contribution in [0.5, 0.6) is 5.88 Å². The highest BCUT2D eigenvalue weighted by atomic mass is 35.5. The minimum absolute atomic E-state index is 0.000698. The highest BCUT2D eigenvalue weighted by molar-refractivity contribution is 7.88. The second-order valence-corrected chi connectivity index (χ2v) is 11.7. The van der Waals surface area contributed by atoms with Crippen LogP contribution in [0.4, 0.5) is 21.6 Å². The van der Waals surface area contributed by atoms with Gasteiger partial charge in [0.2, 0.25) is 15.9 Å². The number of amides is 1. The molecule has 0 atom stereocenters. The van der Waals surface area contributed by atoms with Gasteiger partial charge in [0.15, 0.2) is 0 Å². The first-order valence-corrected chi connectivity index (χ1v) is 15.7. The van der Waals surface area contributed by atoms with Crippen LogP contribution in [0.1, 0.15) is 19.8 Å². The van der Waals surface area contributed by atoms with Gasteiger partial charge < -0.3 is 25.6 Å². The van der Waals surface area contributed by atoms with Crippen molar-refractivity contribution in [2.75, 3.05) is 63.3 Å². The number of pyridine rings is 1. The smallest absolute Gasteiger partial charge is 0.257 e. The molecular weight excluding hydrogens is 587 g/mol. The summed E-state index contributed by atoms with van der Waals surface area (Å²) in [6.45, 7) is 5.28. The molecule has 2 heterocycles. The average molecular weight is 623 g/mol. The van der Waals surface area contributed by atoms with Gasteiger partial charge in [0.25, 0.3) is 5.88 Å². The zero-order valence-electron chi connectivity index (χ0n) is 23.8. The fourth-order valence-corrected chi connectivity index (χ4v) is 4.52. The van der Waals surface area contributed by atoms with E-state index >= 15 is 0 Å². The summed E-state index contributed by atoms with van der Waals surface area (Å²) >= 11 is 6.07. The van der Waals surface area contributed by atoms with Gasteiger partial charge in [-0.15, -0.1) is 10.2 Å². The zero-order valence-corrected chi connectivity index (χ0v) is 25.4. The Morgan fingerprint density at radius 3 is 2.64 bits per heavy atom. The van der Waals surface area contributed by atoms with Crippen LogP contribution in [-0.4, -0.2) is 87.0 Å². The normalized spacial score (nSPS) is 11.5. The van der Waals surface area contributed by atoms with Gasteiger partial charge in [0.05, 0.1) is 11.9 Å². The molecule has 1 amide bonds. The van der Waals surface area contributed by atoms with E-state index < -0.39 is 15.8 Å². The quantitative estimate of drug-likeness (QED) is 0.165. The SMILES string of the molecule is CCCN(CCNC)CCC(=O)Nc1cc(Nc2cc(-c3cc(Cl)ccc3F)nnc2OCCNS(C)(=O)=O)ccn1. The molecular formula is C27H36ClFN8O4S. The van der Waals surface area contributed by atoms with Crippen molar-refractivity contribution in [1.82, 2.24) is 30.1 Å².